The Balaban J connectivity index is 1.77. The number of halogens is 4. The SMILES string of the molecule is CC1CCC(C2CCC(CCC(F)(F)F)C(F)C2)CC1. The van der Waals surface area contributed by atoms with E-state index >= 15 is 0 Å². The van der Waals surface area contributed by atoms with E-state index in [1.54, 1.807) is 0 Å². The van der Waals surface area contributed by atoms with Gasteiger partial charge in [-0.25, -0.2) is 4.39 Å². The molecule has 4 heteroatoms. The molecule has 0 bridgehead atoms. The maximum atomic E-state index is 14.1. The van der Waals surface area contributed by atoms with Gasteiger partial charge in [0.2, 0.25) is 0 Å². The lowest BCUT2D eigenvalue weighted by molar-refractivity contribution is -0.139. The topological polar surface area (TPSA) is 0 Å². The van der Waals surface area contributed by atoms with Gasteiger partial charge in [0.1, 0.15) is 6.17 Å². The van der Waals surface area contributed by atoms with Gasteiger partial charge in [-0.15, -0.1) is 0 Å². The lowest BCUT2D eigenvalue weighted by Gasteiger charge is -2.39. The molecule has 2 saturated carbocycles. The molecule has 3 unspecified atom stereocenters. The first kappa shape index (κ1) is 16.1. The molecular formula is C16H26F4. The molecule has 0 spiro atoms. The van der Waals surface area contributed by atoms with Crippen LogP contribution in [0.4, 0.5) is 17.6 Å². The second kappa shape index (κ2) is 6.65. The van der Waals surface area contributed by atoms with Crippen LogP contribution in [0.2, 0.25) is 0 Å². The van der Waals surface area contributed by atoms with Crippen LogP contribution in [0.5, 0.6) is 0 Å². The van der Waals surface area contributed by atoms with Gasteiger partial charge in [0.15, 0.2) is 0 Å². The van der Waals surface area contributed by atoms with Crippen molar-refractivity contribution in [2.24, 2.45) is 23.7 Å². The monoisotopic (exact) mass is 294 g/mol. The third kappa shape index (κ3) is 4.63. The van der Waals surface area contributed by atoms with E-state index in [4.69, 9.17) is 0 Å². The van der Waals surface area contributed by atoms with E-state index in [0.717, 1.165) is 12.3 Å². The first-order chi connectivity index (χ1) is 9.35. The minimum Gasteiger partial charge on any atom is -0.247 e. The van der Waals surface area contributed by atoms with Gasteiger partial charge in [-0.05, 0) is 62.2 Å². The van der Waals surface area contributed by atoms with Crippen LogP contribution < -0.4 is 0 Å². The van der Waals surface area contributed by atoms with Crippen molar-refractivity contribution >= 4 is 0 Å². The molecule has 0 amide bonds. The van der Waals surface area contributed by atoms with E-state index in [2.05, 4.69) is 6.92 Å². The third-order valence-corrected chi connectivity index (χ3v) is 5.47. The van der Waals surface area contributed by atoms with Crippen LogP contribution >= 0.6 is 0 Å². The van der Waals surface area contributed by atoms with Crippen molar-refractivity contribution in [3.8, 4) is 0 Å². The Morgan fingerprint density at radius 2 is 1.50 bits per heavy atom. The lowest BCUT2D eigenvalue weighted by Crippen LogP contribution is -2.32. The highest BCUT2D eigenvalue weighted by atomic mass is 19.4. The third-order valence-electron chi connectivity index (χ3n) is 5.47. The Kier molecular flexibility index (Phi) is 5.36. The predicted molar refractivity (Wildman–Crippen MR) is 72.1 cm³/mol. The molecule has 2 aliphatic rings. The first-order valence-corrected chi connectivity index (χ1v) is 8.06. The summed E-state index contributed by atoms with van der Waals surface area (Å²) in [6.07, 6.45) is 0.898. The Hall–Kier alpha value is -0.280. The quantitative estimate of drug-likeness (QED) is 0.568. The highest BCUT2D eigenvalue weighted by Gasteiger charge is 2.37. The zero-order valence-corrected chi connectivity index (χ0v) is 12.3. The molecule has 3 atom stereocenters. The van der Waals surface area contributed by atoms with E-state index in [0.29, 0.717) is 24.7 Å². The van der Waals surface area contributed by atoms with E-state index < -0.39 is 18.8 Å². The van der Waals surface area contributed by atoms with E-state index in [1.807, 2.05) is 0 Å². The van der Waals surface area contributed by atoms with Crippen molar-refractivity contribution in [2.45, 2.75) is 77.1 Å². The summed E-state index contributed by atoms with van der Waals surface area (Å²) in [5, 5.41) is 0. The zero-order valence-electron chi connectivity index (χ0n) is 12.3. The van der Waals surface area contributed by atoms with Gasteiger partial charge in [0, 0.05) is 6.42 Å². The predicted octanol–water partition coefficient (Wildman–Crippen LogP) is 5.91. The van der Waals surface area contributed by atoms with Crippen molar-refractivity contribution in [1.82, 2.24) is 0 Å². The van der Waals surface area contributed by atoms with Crippen molar-refractivity contribution < 1.29 is 17.6 Å². The normalized spacial score (nSPS) is 39.8. The molecule has 118 valence electrons. The summed E-state index contributed by atoms with van der Waals surface area (Å²) in [5.74, 6) is 1.46. The van der Waals surface area contributed by atoms with Crippen molar-refractivity contribution in [3.05, 3.63) is 0 Å². The molecule has 0 aliphatic heterocycles. The molecule has 0 aromatic rings. The second-order valence-corrected chi connectivity index (χ2v) is 7.02. The summed E-state index contributed by atoms with van der Waals surface area (Å²) >= 11 is 0. The smallest absolute Gasteiger partial charge is 0.247 e. The average molecular weight is 294 g/mol. The Bertz CT molecular complexity index is 291. The fourth-order valence-electron chi connectivity index (χ4n) is 4.07. The highest BCUT2D eigenvalue weighted by molar-refractivity contribution is 4.85. The molecule has 2 rings (SSSR count). The number of hydrogen-bond donors (Lipinski definition) is 0. The highest BCUT2D eigenvalue weighted by Crippen LogP contribution is 2.43. The molecule has 2 fully saturated rings. The van der Waals surface area contributed by atoms with Crippen molar-refractivity contribution in [2.75, 3.05) is 0 Å². The van der Waals surface area contributed by atoms with E-state index in [9.17, 15) is 17.6 Å². The van der Waals surface area contributed by atoms with Crippen LogP contribution in [-0.4, -0.2) is 12.3 Å². The van der Waals surface area contributed by atoms with Gasteiger partial charge in [0.25, 0.3) is 0 Å². The minimum absolute atomic E-state index is 0.0287. The first-order valence-electron chi connectivity index (χ1n) is 8.06. The maximum Gasteiger partial charge on any atom is 0.389 e. The van der Waals surface area contributed by atoms with E-state index in [1.165, 1.54) is 25.7 Å². The molecule has 0 aromatic carbocycles. The van der Waals surface area contributed by atoms with Crippen molar-refractivity contribution in [1.29, 1.82) is 0 Å². The van der Waals surface area contributed by atoms with Crippen LogP contribution in [0, 0.1) is 23.7 Å². The van der Waals surface area contributed by atoms with Gasteiger partial charge in [0.05, 0.1) is 0 Å². The molecule has 0 heterocycles. The Morgan fingerprint density at radius 3 is 2.05 bits per heavy atom. The Labute approximate surface area is 119 Å². The largest absolute Gasteiger partial charge is 0.389 e. The number of hydrogen-bond acceptors (Lipinski definition) is 0. The molecular weight excluding hydrogens is 268 g/mol. The summed E-state index contributed by atoms with van der Waals surface area (Å²) in [6.45, 7) is 2.27. The van der Waals surface area contributed by atoms with Crippen LogP contribution in [0.25, 0.3) is 0 Å². The molecule has 0 N–H and O–H groups in total. The summed E-state index contributed by atoms with van der Waals surface area (Å²) in [5.41, 5.74) is 0. The van der Waals surface area contributed by atoms with Gasteiger partial charge < -0.3 is 0 Å². The second-order valence-electron chi connectivity index (χ2n) is 7.02. The van der Waals surface area contributed by atoms with Gasteiger partial charge in [-0.3, -0.25) is 0 Å². The molecule has 0 radical (unpaired) electrons. The molecule has 0 aromatic heterocycles. The van der Waals surface area contributed by atoms with Crippen LogP contribution in [0.3, 0.4) is 0 Å². The lowest BCUT2D eigenvalue weighted by atomic mass is 9.68. The fraction of sp³-hybridized carbons (Fsp3) is 1.00. The molecule has 0 nitrogen and oxygen atoms in total. The summed E-state index contributed by atoms with van der Waals surface area (Å²) in [4.78, 5) is 0. The Morgan fingerprint density at radius 1 is 0.900 bits per heavy atom. The zero-order chi connectivity index (χ0) is 14.8. The van der Waals surface area contributed by atoms with Crippen LogP contribution in [-0.2, 0) is 0 Å². The fourth-order valence-corrected chi connectivity index (χ4v) is 4.07. The minimum atomic E-state index is -4.14. The average Bonchev–Trinajstić information content (AvgIpc) is 2.37. The van der Waals surface area contributed by atoms with Gasteiger partial charge in [-0.1, -0.05) is 19.8 Å². The molecule has 20 heavy (non-hydrogen) atoms. The van der Waals surface area contributed by atoms with Crippen LogP contribution in [0.15, 0.2) is 0 Å². The summed E-state index contributed by atoms with van der Waals surface area (Å²) in [6, 6.07) is 0. The number of rotatable bonds is 3. The summed E-state index contributed by atoms with van der Waals surface area (Å²) < 4.78 is 50.8. The van der Waals surface area contributed by atoms with E-state index in [-0.39, 0.29) is 12.3 Å². The van der Waals surface area contributed by atoms with Gasteiger partial charge >= 0.3 is 6.18 Å². The maximum absolute atomic E-state index is 14.1. The number of alkyl halides is 4. The van der Waals surface area contributed by atoms with Crippen LogP contribution in [0.1, 0.15) is 64.7 Å². The molecule has 0 saturated heterocycles. The standard InChI is InChI=1S/C16H26F4/c1-11-2-4-12(5-3-11)14-7-6-13(15(17)10-14)8-9-16(18,19)20/h11-15H,2-10H2,1H3. The van der Waals surface area contributed by atoms with Crippen molar-refractivity contribution in [3.63, 3.8) is 0 Å². The molecule has 2 aliphatic carbocycles. The summed E-state index contributed by atoms with van der Waals surface area (Å²) in [7, 11) is 0. The van der Waals surface area contributed by atoms with Gasteiger partial charge in [-0.2, -0.15) is 13.2 Å².